The maximum atomic E-state index is 11.3. The Morgan fingerprint density at radius 2 is 2.08 bits per heavy atom. The molecule has 1 aliphatic heterocycles. The molecule has 0 unspecified atom stereocenters. The first-order valence-electron chi connectivity index (χ1n) is 4.59. The van der Waals surface area contributed by atoms with Crippen LogP contribution in [0.5, 0.6) is 0 Å². The summed E-state index contributed by atoms with van der Waals surface area (Å²) in [6, 6.07) is 0. The Hall–Kier alpha value is -0.570. The van der Waals surface area contributed by atoms with Gasteiger partial charge in [0.1, 0.15) is 0 Å². The van der Waals surface area contributed by atoms with Gasteiger partial charge >= 0.3 is 5.97 Å². The smallest absolute Gasteiger partial charge is 0.309 e. The van der Waals surface area contributed by atoms with Crippen LogP contribution in [0.4, 0.5) is 0 Å². The van der Waals surface area contributed by atoms with Crippen LogP contribution < -0.4 is 0 Å². The summed E-state index contributed by atoms with van der Waals surface area (Å²) in [5, 5.41) is 0. The minimum atomic E-state index is 0.0283. The second-order valence-electron chi connectivity index (χ2n) is 3.83. The summed E-state index contributed by atoms with van der Waals surface area (Å²) in [5.41, 5.74) is 0. The first kappa shape index (κ1) is 8.05. The second-order valence-corrected chi connectivity index (χ2v) is 3.83. The van der Waals surface area contributed by atoms with Crippen LogP contribution in [0.2, 0.25) is 0 Å². The molecule has 2 rings (SSSR count). The number of piperidine rings is 1. The van der Waals surface area contributed by atoms with E-state index in [1.165, 1.54) is 0 Å². The number of hydrogen-bond acceptors (Lipinski definition) is 3. The van der Waals surface area contributed by atoms with Gasteiger partial charge in [-0.2, -0.15) is 0 Å². The molecule has 2 aliphatic rings. The molecule has 2 fully saturated rings. The van der Waals surface area contributed by atoms with E-state index >= 15 is 0 Å². The molecule has 1 aliphatic carbocycles. The highest BCUT2D eigenvalue weighted by Gasteiger charge is 2.59. The quantitative estimate of drug-likeness (QED) is 0.559. The van der Waals surface area contributed by atoms with E-state index in [1.807, 2.05) is 6.92 Å². The van der Waals surface area contributed by atoms with Crippen LogP contribution in [0.3, 0.4) is 0 Å². The van der Waals surface area contributed by atoms with Crippen molar-refractivity contribution in [1.29, 1.82) is 0 Å². The molecule has 3 atom stereocenters. The predicted octanol–water partition coefficient (Wildman–Crippen LogP) is 0.357. The summed E-state index contributed by atoms with van der Waals surface area (Å²) < 4.78 is 4.98. The average molecular weight is 169 g/mol. The molecule has 0 aromatic carbocycles. The van der Waals surface area contributed by atoms with Crippen molar-refractivity contribution in [1.82, 2.24) is 4.90 Å². The molecule has 0 N–H and O–H groups in total. The first-order valence-corrected chi connectivity index (χ1v) is 4.59. The van der Waals surface area contributed by atoms with Crippen LogP contribution >= 0.6 is 0 Å². The lowest BCUT2D eigenvalue weighted by molar-refractivity contribution is -0.145. The van der Waals surface area contributed by atoms with E-state index in [0.29, 0.717) is 18.4 Å². The van der Waals surface area contributed by atoms with Gasteiger partial charge in [0.15, 0.2) is 0 Å². The standard InChI is InChI=1S/C9H15NO2/c1-3-12-9(11)8-6-4-10(2)5-7(6)8/h6-8H,3-5H2,1-2H3/t6-,7+,8+. The van der Waals surface area contributed by atoms with Gasteiger partial charge in [0.25, 0.3) is 0 Å². The largest absolute Gasteiger partial charge is 0.466 e. The van der Waals surface area contributed by atoms with Crippen molar-refractivity contribution < 1.29 is 9.53 Å². The lowest BCUT2D eigenvalue weighted by Gasteiger charge is -2.11. The number of carbonyl (C=O) groups excluding carboxylic acids is 1. The van der Waals surface area contributed by atoms with Crippen LogP contribution in [0.1, 0.15) is 6.92 Å². The van der Waals surface area contributed by atoms with E-state index in [1.54, 1.807) is 0 Å². The molecule has 1 saturated heterocycles. The van der Waals surface area contributed by atoms with Crippen molar-refractivity contribution in [2.24, 2.45) is 17.8 Å². The molecule has 3 nitrogen and oxygen atoms in total. The number of rotatable bonds is 2. The Kier molecular flexibility index (Phi) is 1.83. The molecule has 0 radical (unpaired) electrons. The van der Waals surface area contributed by atoms with Gasteiger partial charge in [0.2, 0.25) is 0 Å². The van der Waals surface area contributed by atoms with Crippen LogP contribution in [-0.2, 0) is 9.53 Å². The number of esters is 1. The Bertz CT molecular complexity index is 193. The Morgan fingerprint density at radius 3 is 2.58 bits per heavy atom. The highest BCUT2D eigenvalue weighted by molar-refractivity contribution is 5.77. The molecule has 0 bridgehead atoms. The molecule has 68 valence electrons. The lowest BCUT2D eigenvalue weighted by atomic mass is 10.3. The van der Waals surface area contributed by atoms with Gasteiger partial charge in [0.05, 0.1) is 12.5 Å². The number of nitrogens with zero attached hydrogens (tertiary/aromatic N) is 1. The average Bonchev–Trinajstić information content (AvgIpc) is 2.51. The number of carbonyl (C=O) groups is 1. The number of hydrogen-bond donors (Lipinski definition) is 0. The highest BCUT2D eigenvalue weighted by Crippen LogP contribution is 2.51. The fourth-order valence-electron chi connectivity index (χ4n) is 2.33. The van der Waals surface area contributed by atoms with Gasteiger partial charge in [-0.3, -0.25) is 4.79 Å². The summed E-state index contributed by atoms with van der Waals surface area (Å²) in [6.07, 6.45) is 0. The summed E-state index contributed by atoms with van der Waals surface area (Å²) in [4.78, 5) is 13.6. The minimum Gasteiger partial charge on any atom is -0.466 e. The van der Waals surface area contributed by atoms with Gasteiger partial charge in [-0.25, -0.2) is 0 Å². The first-order chi connectivity index (χ1) is 5.74. The van der Waals surface area contributed by atoms with E-state index in [2.05, 4.69) is 11.9 Å². The van der Waals surface area contributed by atoms with Crippen molar-refractivity contribution in [2.75, 3.05) is 26.7 Å². The summed E-state index contributed by atoms with van der Waals surface area (Å²) in [6.45, 7) is 4.54. The third-order valence-corrected chi connectivity index (χ3v) is 2.94. The number of fused-ring (bicyclic) bond motifs is 1. The monoisotopic (exact) mass is 169 g/mol. The number of ether oxygens (including phenoxy) is 1. The molecule has 1 saturated carbocycles. The zero-order chi connectivity index (χ0) is 8.72. The van der Waals surface area contributed by atoms with Crippen molar-refractivity contribution in [3.8, 4) is 0 Å². The summed E-state index contributed by atoms with van der Waals surface area (Å²) >= 11 is 0. The Balaban J connectivity index is 1.85. The maximum Gasteiger partial charge on any atom is 0.309 e. The minimum absolute atomic E-state index is 0.0283. The van der Waals surface area contributed by atoms with Crippen LogP contribution in [-0.4, -0.2) is 37.6 Å². The zero-order valence-electron chi connectivity index (χ0n) is 7.62. The van der Waals surface area contributed by atoms with Gasteiger partial charge < -0.3 is 9.64 Å². The molecular formula is C9H15NO2. The third-order valence-electron chi connectivity index (χ3n) is 2.94. The van der Waals surface area contributed by atoms with Crippen LogP contribution in [0.15, 0.2) is 0 Å². The molecule has 1 heterocycles. The van der Waals surface area contributed by atoms with Crippen molar-refractivity contribution in [3.05, 3.63) is 0 Å². The Labute approximate surface area is 72.7 Å². The fraction of sp³-hybridized carbons (Fsp3) is 0.889. The van der Waals surface area contributed by atoms with Gasteiger partial charge in [-0.05, 0) is 25.8 Å². The molecule has 0 aromatic heterocycles. The molecule has 0 spiro atoms. The van der Waals surface area contributed by atoms with E-state index in [4.69, 9.17) is 4.74 Å². The highest BCUT2D eigenvalue weighted by atomic mass is 16.5. The topological polar surface area (TPSA) is 29.5 Å². The predicted molar refractivity (Wildman–Crippen MR) is 44.6 cm³/mol. The third kappa shape index (κ3) is 1.12. The molecule has 0 aromatic rings. The van der Waals surface area contributed by atoms with Crippen LogP contribution in [0, 0.1) is 17.8 Å². The molecule has 3 heteroatoms. The van der Waals surface area contributed by atoms with Crippen LogP contribution in [0.25, 0.3) is 0 Å². The second kappa shape index (κ2) is 2.73. The van der Waals surface area contributed by atoms with Gasteiger partial charge in [-0.15, -0.1) is 0 Å². The fourth-order valence-corrected chi connectivity index (χ4v) is 2.33. The van der Waals surface area contributed by atoms with Gasteiger partial charge in [0, 0.05) is 13.1 Å². The van der Waals surface area contributed by atoms with E-state index in [-0.39, 0.29) is 11.9 Å². The summed E-state index contributed by atoms with van der Waals surface area (Å²) in [7, 11) is 2.11. The van der Waals surface area contributed by atoms with Crippen molar-refractivity contribution in [3.63, 3.8) is 0 Å². The van der Waals surface area contributed by atoms with E-state index in [9.17, 15) is 4.79 Å². The molecule has 0 amide bonds. The van der Waals surface area contributed by atoms with E-state index in [0.717, 1.165) is 13.1 Å². The zero-order valence-corrected chi connectivity index (χ0v) is 7.62. The molecular weight excluding hydrogens is 154 g/mol. The summed E-state index contributed by atoms with van der Waals surface area (Å²) in [5.74, 6) is 1.48. The van der Waals surface area contributed by atoms with Crippen molar-refractivity contribution in [2.45, 2.75) is 6.92 Å². The maximum absolute atomic E-state index is 11.3. The number of likely N-dealkylation sites (tertiary alicyclic amines) is 1. The van der Waals surface area contributed by atoms with E-state index < -0.39 is 0 Å². The Morgan fingerprint density at radius 1 is 1.50 bits per heavy atom. The SMILES string of the molecule is CCOC(=O)[C@H]1[C@@H]2CN(C)C[C@@H]21. The van der Waals surface area contributed by atoms with Gasteiger partial charge in [-0.1, -0.05) is 0 Å². The van der Waals surface area contributed by atoms with Crippen molar-refractivity contribution >= 4 is 5.97 Å². The normalized spacial score (nSPS) is 39.3. The molecule has 12 heavy (non-hydrogen) atoms. The lowest BCUT2D eigenvalue weighted by Crippen LogP contribution is -2.22.